The Morgan fingerprint density at radius 3 is 1.31 bits per heavy atom. The molecule has 2 bridgehead atoms. The zero-order chi connectivity index (χ0) is 9.69. The van der Waals surface area contributed by atoms with E-state index in [0.717, 1.165) is 0 Å². The average molecular weight is 184 g/mol. The molecule has 0 aliphatic heterocycles. The summed E-state index contributed by atoms with van der Waals surface area (Å²) in [6.45, 7) is 0. The molecule has 2 aliphatic rings. The Morgan fingerprint density at radius 2 is 1.15 bits per heavy atom. The topological polar surface area (TPSA) is 74.6 Å². The Balaban J connectivity index is 2.29. The van der Waals surface area contributed by atoms with Crippen molar-refractivity contribution in [2.45, 2.75) is 32.1 Å². The maximum atomic E-state index is 11.0. The van der Waals surface area contributed by atoms with Gasteiger partial charge in [-0.3, -0.25) is 9.59 Å². The third-order valence-corrected chi connectivity index (χ3v) is 3.75. The first-order valence-electron chi connectivity index (χ1n) is 4.48. The minimum absolute atomic E-state index is 0.338. The van der Waals surface area contributed by atoms with E-state index in [9.17, 15) is 9.59 Å². The molecule has 0 saturated heterocycles. The van der Waals surface area contributed by atoms with Gasteiger partial charge in [0.1, 0.15) is 0 Å². The van der Waals surface area contributed by atoms with E-state index in [4.69, 9.17) is 10.2 Å². The molecule has 0 unspecified atom stereocenters. The number of hydrogen-bond donors (Lipinski definition) is 2. The van der Waals surface area contributed by atoms with E-state index in [-0.39, 0.29) is 0 Å². The molecule has 2 saturated carbocycles. The van der Waals surface area contributed by atoms with Crippen molar-refractivity contribution in [3.8, 4) is 0 Å². The summed E-state index contributed by atoms with van der Waals surface area (Å²) in [6.07, 6.45) is 2.48. The molecule has 0 aromatic rings. The molecule has 2 N–H and O–H groups in total. The van der Waals surface area contributed by atoms with Crippen LogP contribution in [-0.2, 0) is 9.59 Å². The Kier molecular flexibility index (Phi) is 1.47. The fourth-order valence-corrected chi connectivity index (χ4v) is 2.79. The van der Waals surface area contributed by atoms with Crippen LogP contribution in [-0.4, -0.2) is 22.2 Å². The summed E-state index contributed by atoms with van der Waals surface area (Å²) < 4.78 is 0. The second-order valence-corrected chi connectivity index (χ2v) is 4.35. The molecule has 72 valence electrons. The Hall–Kier alpha value is -1.06. The van der Waals surface area contributed by atoms with Gasteiger partial charge in [-0.15, -0.1) is 0 Å². The normalized spacial score (nSPS) is 42.2. The lowest BCUT2D eigenvalue weighted by molar-refractivity contribution is -0.148. The third kappa shape index (κ3) is 0.913. The summed E-state index contributed by atoms with van der Waals surface area (Å²) in [5, 5.41) is 18.0. The number of carbonyl (C=O) groups is 2. The minimum Gasteiger partial charge on any atom is -0.481 e. The van der Waals surface area contributed by atoms with Crippen LogP contribution >= 0.6 is 0 Å². The van der Waals surface area contributed by atoms with Crippen molar-refractivity contribution in [2.24, 2.45) is 10.8 Å². The van der Waals surface area contributed by atoms with Gasteiger partial charge < -0.3 is 10.2 Å². The second-order valence-electron chi connectivity index (χ2n) is 4.35. The lowest BCUT2D eigenvalue weighted by Gasteiger charge is -2.21. The van der Waals surface area contributed by atoms with Gasteiger partial charge in [-0.2, -0.15) is 0 Å². The second kappa shape index (κ2) is 2.25. The highest BCUT2D eigenvalue weighted by molar-refractivity contribution is 5.82. The summed E-state index contributed by atoms with van der Waals surface area (Å²) in [7, 11) is 0. The number of carboxylic acids is 2. The summed E-state index contributed by atoms with van der Waals surface area (Å²) in [4.78, 5) is 21.9. The fraction of sp³-hybridized carbons (Fsp3) is 0.778. The zero-order valence-electron chi connectivity index (χ0n) is 7.25. The average Bonchev–Trinajstić information content (AvgIpc) is 2.61. The van der Waals surface area contributed by atoms with Gasteiger partial charge in [0.15, 0.2) is 0 Å². The first kappa shape index (κ1) is 8.53. The molecule has 0 aromatic carbocycles. The van der Waals surface area contributed by atoms with Crippen molar-refractivity contribution in [1.29, 1.82) is 0 Å². The van der Waals surface area contributed by atoms with Crippen molar-refractivity contribution in [3.63, 3.8) is 0 Å². The van der Waals surface area contributed by atoms with Crippen LogP contribution in [0.25, 0.3) is 0 Å². The number of hydrogen-bond acceptors (Lipinski definition) is 2. The Labute approximate surface area is 75.6 Å². The third-order valence-electron chi connectivity index (χ3n) is 3.75. The van der Waals surface area contributed by atoms with Crippen molar-refractivity contribution in [2.75, 3.05) is 0 Å². The van der Waals surface area contributed by atoms with Crippen LogP contribution in [0.2, 0.25) is 0 Å². The quantitative estimate of drug-likeness (QED) is 0.674. The predicted octanol–water partition coefficient (Wildman–Crippen LogP) is 1.11. The molecule has 0 spiro atoms. The summed E-state index contributed by atoms with van der Waals surface area (Å²) in [5.41, 5.74) is -1.42. The van der Waals surface area contributed by atoms with Crippen molar-refractivity contribution < 1.29 is 19.8 Å². The maximum absolute atomic E-state index is 11.0. The van der Waals surface area contributed by atoms with Gasteiger partial charge in [-0.05, 0) is 32.1 Å². The van der Waals surface area contributed by atoms with Crippen molar-refractivity contribution >= 4 is 11.9 Å². The predicted molar refractivity (Wildman–Crippen MR) is 43.2 cm³/mol. The first-order chi connectivity index (χ1) is 6.01. The van der Waals surface area contributed by atoms with E-state index >= 15 is 0 Å². The minimum atomic E-state index is -0.812. The molecular weight excluding hydrogens is 172 g/mol. The van der Waals surface area contributed by atoms with E-state index in [2.05, 4.69) is 0 Å². The molecule has 2 rings (SSSR count). The molecule has 0 aromatic heterocycles. The molecule has 2 fully saturated rings. The summed E-state index contributed by atoms with van der Waals surface area (Å²) in [5.74, 6) is -1.62. The smallest absolute Gasteiger partial charge is 0.309 e. The van der Waals surface area contributed by atoms with Crippen LogP contribution in [0.3, 0.4) is 0 Å². The summed E-state index contributed by atoms with van der Waals surface area (Å²) in [6, 6.07) is 0. The maximum Gasteiger partial charge on any atom is 0.309 e. The zero-order valence-corrected chi connectivity index (χ0v) is 7.25. The van der Waals surface area contributed by atoms with Gasteiger partial charge in [0, 0.05) is 0 Å². The van der Waals surface area contributed by atoms with E-state index in [1.165, 1.54) is 0 Å². The number of carboxylic acid groups (broad SMARTS) is 2. The molecule has 0 amide bonds. The van der Waals surface area contributed by atoms with E-state index in [1.54, 1.807) is 0 Å². The van der Waals surface area contributed by atoms with Gasteiger partial charge in [0.05, 0.1) is 10.8 Å². The van der Waals surface area contributed by atoms with Crippen molar-refractivity contribution in [3.05, 3.63) is 0 Å². The molecule has 0 atom stereocenters. The van der Waals surface area contributed by atoms with E-state index in [0.29, 0.717) is 32.1 Å². The van der Waals surface area contributed by atoms with Crippen LogP contribution in [0.4, 0.5) is 0 Å². The molecular formula is C9H12O4. The highest BCUT2D eigenvalue weighted by Gasteiger charge is 2.61. The molecule has 0 radical (unpaired) electrons. The standard InChI is InChI=1S/C9H12O4/c10-6(11)8-1-2-9(5-8,4-3-8)7(12)13/h1-5H2,(H,10,11)(H,12,13). The monoisotopic (exact) mass is 184 g/mol. The molecule has 13 heavy (non-hydrogen) atoms. The highest BCUT2D eigenvalue weighted by Crippen LogP contribution is 2.61. The van der Waals surface area contributed by atoms with Crippen LogP contribution in [0.1, 0.15) is 32.1 Å². The SMILES string of the molecule is O=C(O)C12CCC(C(=O)O)(CC1)C2. The van der Waals surface area contributed by atoms with Crippen LogP contribution in [0.15, 0.2) is 0 Å². The molecule has 2 aliphatic carbocycles. The molecule has 0 heterocycles. The van der Waals surface area contributed by atoms with E-state index < -0.39 is 22.8 Å². The number of fused-ring (bicyclic) bond motifs is 2. The Bertz CT molecular complexity index is 245. The highest BCUT2D eigenvalue weighted by atomic mass is 16.4. The summed E-state index contributed by atoms with van der Waals surface area (Å²) >= 11 is 0. The van der Waals surface area contributed by atoms with Gasteiger partial charge >= 0.3 is 11.9 Å². The first-order valence-corrected chi connectivity index (χ1v) is 4.48. The Morgan fingerprint density at radius 1 is 0.846 bits per heavy atom. The lowest BCUT2D eigenvalue weighted by Crippen LogP contribution is -2.25. The molecule has 4 nitrogen and oxygen atoms in total. The largest absolute Gasteiger partial charge is 0.481 e. The van der Waals surface area contributed by atoms with Crippen LogP contribution in [0, 0.1) is 10.8 Å². The van der Waals surface area contributed by atoms with Gasteiger partial charge in [0.25, 0.3) is 0 Å². The lowest BCUT2D eigenvalue weighted by atomic mass is 9.82. The van der Waals surface area contributed by atoms with Gasteiger partial charge in [0.2, 0.25) is 0 Å². The molecule has 4 heteroatoms. The van der Waals surface area contributed by atoms with E-state index in [1.807, 2.05) is 0 Å². The fourth-order valence-electron chi connectivity index (χ4n) is 2.79. The van der Waals surface area contributed by atoms with Gasteiger partial charge in [-0.25, -0.2) is 0 Å². The van der Waals surface area contributed by atoms with Crippen molar-refractivity contribution in [1.82, 2.24) is 0 Å². The van der Waals surface area contributed by atoms with Crippen LogP contribution in [0.5, 0.6) is 0 Å². The number of rotatable bonds is 2. The number of aliphatic carboxylic acids is 2. The van der Waals surface area contributed by atoms with Gasteiger partial charge in [-0.1, -0.05) is 0 Å². The van der Waals surface area contributed by atoms with Crippen LogP contribution < -0.4 is 0 Å².